The predicted molar refractivity (Wildman–Crippen MR) is 177 cm³/mol. The lowest BCUT2D eigenvalue weighted by molar-refractivity contribution is -0.118. The molecule has 5 rings (SSSR count). The van der Waals surface area contributed by atoms with E-state index < -0.39 is 10.0 Å². The van der Waals surface area contributed by atoms with Gasteiger partial charge in [0.25, 0.3) is 0 Å². The van der Waals surface area contributed by atoms with Crippen molar-refractivity contribution in [2.75, 3.05) is 49.8 Å². The highest BCUT2D eigenvalue weighted by atomic mass is 35.5. The average Bonchev–Trinajstić information content (AvgIpc) is 3.00. The molecule has 1 saturated heterocycles. The molecule has 2 aliphatic rings. The third-order valence-corrected chi connectivity index (χ3v) is 10.4. The van der Waals surface area contributed by atoms with Gasteiger partial charge in [-0.25, -0.2) is 12.7 Å². The first-order valence-electron chi connectivity index (χ1n) is 15.2. The summed E-state index contributed by atoms with van der Waals surface area (Å²) >= 11 is 6.26. The third-order valence-electron chi connectivity index (χ3n) is 8.82. The van der Waals surface area contributed by atoms with Crippen molar-refractivity contribution in [2.24, 2.45) is 5.92 Å². The number of carbonyl (C=O) groups is 1. The number of halogens is 1. The van der Waals surface area contributed by atoms with Crippen molar-refractivity contribution in [3.05, 3.63) is 82.4 Å². The lowest BCUT2D eigenvalue weighted by atomic mass is 9.86. The predicted octanol–water partition coefficient (Wildman–Crippen LogP) is 6.31. The number of hydrogen-bond donors (Lipinski definition) is 0. The number of anilines is 2. The van der Waals surface area contributed by atoms with Gasteiger partial charge < -0.3 is 19.3 Å². The summed E-state index contributed by atoms with van der Waals surface area (Å²) < 4.78 is 37.3. The second-order valence-corrected chi connectivity index (χ2v) is 14.4. The highest BCUT2D eigenvalue weighted by Crippen LogP contribution is 2.44. The average molecular weight is 640 g/mol. The largest absolute Gasteiger partial charge is 0.493 e. The third kappa shape index (κ3) is 7.00. The summed E-state index contributed by atoms with van der Waals surface area (Å²) in [4.78, 5) is 17.9. The molecule has 2 aliphatic heterocycles. The van der Waals surface area contributed by atoms with E-state index in [1.807, 2.05) is 72.5 Å². The summed E-state index contributed by atoms with van der Waals surface area (Å²) in [6.07, 6.45) is 4.06. The van der Waals surface area contributed by atoms with Gasteiger partial charge in [-0.05, 0) is 97.3 Å². The lowest BCUT2D eigenvalue weighted by Crippen LogP contribution is -2.41. The number of hydrogen-bond acceptors (Lipinski definition) is 6. The van der Waals surface area contributed by atoms with Gasteiger partial charge in [-0.3, -0.25) is 4.79 Å². The number of fused-ring (bicyclic) bond motifs is 1. The Morgan fingerprint density at radius 2 is 1.68 bits per heavy atom. The van der Waals surface area contributed by atoms with Crippen molar-refractivity contribution >= 4 is 38.9 Å². The van der Waals surface area contributed by atoms with Crippen LogP contribution in [0.5, 0.6) is 11.5 Å². The van der Waals surface area contributed by atoms with Crippen LogP contribution in [0, 0.1) is 5.92 Å². The van der Waals surface area contributed by atoms with Crippen LogP contribution in [0.2, 0.25) is 5.02 Å². The summed E-state index contributed by atoms with van der Waals surface area (Å²) in [6.45, 7) is 6.08. The first-order chi connectivity index (χ1) is 21.0. The van der Waals surface area contributed by atoms with E-state index in [9.17, 15) is 13.2 Å². The molecule has 0 aromatic heterocycles. The summed E-state index contributed by atoms with van der Waals surface area (Å²) in [5.74, 6) is 1.69. The summed E-state index contributed by atoms with van der Waals surface area (Å²) in [5.41, 5.74) is 4.70. The standard InChI is InChI=1S/C34H42ClN3O5S/c1-6-23(2)43-32-21-30-26(19-31(32)42-4)20-33(39)38(34(30)25-7-9-27(35)10-8-25)29-13-11-28(12-14-29)36(3)22-24-15-17-37(18-16-24)44(5,40)41/h7-14,19,21,23-24,34H,6,15-18,20,22H2,1-5H3/t23-,34?/m1/s1. The molecule has 1 amide bonds. The van der Waals surface area contributed by atoms with Crippen molar-refractivity contribution < 1.29 is 22.7 Å². The van der Waals surface area contributed by atoms with Crippen LogP contribution in [0.3, 0.4) is 0 Å². The van der Waals surface area contributed by atoms with Crippen LogP contribution >= 0.6 is 11.6 Å². The molecule has 0 radical (unpaired) electrons. The minimum Gasteiger partial charge on any atom is -0.493 e. The van der Waals surface area contributed by atoms with Crippen LogP contribution in [-0.4, -0.2) is 64.8 Å². The molecule has 236 valence electrons. The molecule has 2 heterocycles. The topological polar surface area (TPSA) is 79.4 Å². The number of carbonyl (C=O) groups excluding carboxylic acids is 1. The van der Waals surface area contributed by atoms with Gasteiger partial charge in [-0.1, -0.05) is 30.7 Å². The summed E-state index contributed by atoms with van der Waals surface area (Å²) in [7, 11) is 0.539. The Morgan fingerprint density at radius 1 is 1.02 bits per heavy atom. The van der Waals surface area contributed by atoms with Gasteiger partial charge in [0, 0.05) is 43.1 Å². The Labute approximate surface area is 266 Å². The molecule has 3 aromatic rings. The maximum absolute atomic E-state index is 13.9. The van der Waals surface area contributed by atoms with Gasteiger partial charge in [-0.2, -0.15) is 0 Å². The van der Waals surface area contributed by atoms with E-state index in [2.05, 4.69) is 18.9 Å². The highest BCUT2D eigenvalue weighted by Gasteiger charge is 2.36. The number of rotatable bonds is 10. The first-order valence-corrected chi connectivity index (χ1v) is 17.4. The maximum Gasteiger partial charge on any atom is 0.232 e. The Morgan fingerprint density at radius 3 is 2.27 bits per heavy atom. The Balaban J connectivity index is 1.43. The van der Waals surface area contributed by atoms with Crippen LogP contribution in [-0.2, 0) is 21.2 Å². The number of piperidine rings is 1. The fraction of sp³-hybridized carbons (Fsp3) is 0.441. The number of benzene rings is 3. The van der Waals surface area contributed by atoms with Crippen LogP contribution in [0.4, 0.5) is 11.4 Å². The minimum absolute atomic E-state index is 0.00571. The van der Waals surface area contributed by atoms with Gasteiger partial charge in [0.1, 0.15) is 0 Å². The molecular weight excluding hydrogens is 598 g/mol. The summed E-state index contributed by atoms with van der Waals surface area (Å²) in [6, 6.07) is 19.3. The van der Waals surface area contributed by atoms with Crippen molar-refractivity contribution in [3.8, 4) is 11.5 Å². The molecular formula is C34H42ClN3O5S. The molecule has 0 spiro atoms. The molecule has 1 unspecified atom stereocenters. The lowest BCUT2D eigenvalue weighted by Gasteiger charge is -2.38. The zero-order valence-electron chi connectivity index (χ0n) is 26.1. The van der Waals surface area contributed by atoms with Gasteiger partial charge in [0.15, 0.2) is 11.5 Å². The summed E-state index contributed by atoms with van der Waals surface area (Å²) in [5, 5.41) is 0.632. The monoisotopic (exact) mass is 639 g/mol. The second kappa shape index (κ2) is 13.4. The van der Waals surface area contributed by atoms with E-state index in [-0.39, 0.29) is 24.5 Å². The van der Waals surface area contributed by atoms with E-state index in [4.69, 9.17) is 21.1 Å². The zero-order chi connectivity index (χ0) is 31.6. The number of sulfonamides is 1. The van der Waals surface area contributed by atoms with E-state index in [0.717, 1.165) is 53.9 Å². The highest BCUT2D eigenvalue weighted by molar-refractivity contribution is 7.88. The van der Waals surface area contributed by atoms with E-state index in [1.54, 1.807) is 11.4 Å². The van der Waals surface area contributed by atoms with Crippen molar-refractivity contribution in [1.29, 1.82) is 0 Å². The molecule has 3 aromatic carbocycles. The van der Waals surface area contributed by atoms with Crippen LogP contribution in [0.25, 0.3) is 0 Å². The molecule has 0 aliphatic carbocycles. The van der Waals surface area contributed by atoms with E-state index >= 15 is 0 Å². The van der Waals surface area contributed by atoms with E-state index in [0.29, 0.717) is 35.5 Å². The Kier molecular flexibility index (Phi) is 9.77. The minimum atomic E-state index is -3.14. The zero-order valence-corrected chi connectivity index (χ0v) is 27.7. The van der Waals surface area contributed by atoms with Crippen molar-refractivity contribution in [3.63, 3.8) is 0 Å². The van der Waals surface area contributed by atoms with Gasteiger partial charge in [0.05, 0.1) is 31.9 Å². The van der Waals surface area contributed by atoms with Crippen LogP contribution in [0.15, 0.2) is 60.7 Å². The Bertz CT molecular complexity index is 1570. The number of amides is 1. The molecule has 0 N–H and O–H groups in total. The smallest absolute Gasteiger partial charge is 0.232 e. The quantitative estimate of drug-likeness (QED) is 0.259. The van der Waals surface area contributed by atoms with Crippen LogP contribution in [0.1, 0.15) is 55.8 Å². The molecule has 2 atom stereocenters. The number of nitrogens with zero attached hydrogens (tertiary/aromatic N) is 3. The van der Waals surface area contributed by atoms with Gasteiger partial charge in [0.2, 0.25) is 15.9 Å². The number of ether oxygens (including phenoxy) is 2. The fourth-order valence-corrected chi connectivity index (χ4v) is 7.16. The molecule has 0 saturated carbocycles. The second-order valence-electron chi connectivity index (χ2n) is 11.9. The molecule has 10 heteroatoms. The SMILES string of the molecule is CC[C@@H](C)Oc1cc2c(cc1OC)CC(=O)N(c1ccc(N(C)CC3CCN(S(C)(=O)=O)CC3)cc1)C2c1ccc(Cl)cc1. The van der Waals surface area contributed by atoms with Crippen molar-refractivity contribution in [1.82, 2.24) is 4.31 Å². The van der Waals surface area contributed by atoms with Crippen molar-refractivity contribution in [2.45, 2.75) is 51.7 Å². The van der Waals surface area contributed by atoms with Gasteiger partial charge in [-0.15, -0.1) is 0 Å². The van der Waals surface area contributed by atoms with Crippen LogP contribution < -0.4 is 19.3 Å². The number of methoxy groups -OCH3 is 1. The van der Waals surface area contributed by atoms with E-state index in [1.165, 1.54) is 6.26 Å². The molecule has 1 fully saturated rings. The first kappa shape index (κ1) is 32.1. The molecule has 0 bridgehead atoms. The normalized spacial score (nSPS) is 18.5. The van der Waals surface area contributed by atoms with Gasteiger partial charge >= 0.3 is 0 Å². The molecule has 8 nitrogen and oxygen atoms in total. The Hall–Kier alpha value is -3.27. The molecule has 44 heavy (non-hydrogen) atoms. The maximum atomic E-state index is 13.9. The fourth-order valence-electron chi connectivity index (χ4n) is 6.16.